The smallest absolute Gasteiger partial charge is 0.144 e. The Morgan fingerprint density at radius 2 is 2.11 bits per heavy atom. The van der Waals surface area contributed by atoms with Crippen LogP contribution in [0, 0.1) is 0 Å². The van der Waals surface area contributed by atoms with Crippen molar-refractivity contribution in [2.24, 2.45) is 0 Å². The zero-order valence-electron chi connectivity index (χ0n) is 10.9. The summed E-state index contributed by atoms with van der Waals surface area (Å²) < 4.78 is 11.0. The van der Waals surface area contributed by atoms with Gasteiger partial charge >= 0.3 is 0 Å². The van der Waals surface area contributed by atoms with Crippen LogP contribution in [0.25, 0.3) is 0 Å². The average molecular weight is 248 g/mol. The number of ether oxygens (including phenoxy) is 2. The second-order valence-corrected chi connectivity index (χ2v) is 4.81. The number of nitrogens with zero attached hydrogens (tertiary/aromatic N) is 1. The van der Waals surface area contributed by atoms with Gasteiger partial charge in [0.15, 0.2) is 0 Å². The predicted molar refractivity (Wildman–Crippen MR) is 72.8 cm³/mol. The molecule has 98 valence electrons. The van der Waals surface area contributed by atoms with E-state index in [0.29, 0.717) is 0 Å². The molecule has 1 N–H and O–H groups in total. The number of aryl methyl sites for hydroxylation is 1. The van der Waals surface area contributed by atoms with Gasteiger partial charge in [0.1, 0.15) is 5.75 Å². The normalized spacial score (nSPS) is 19.1. The molecule has 1 aromatic rings. The molecule has 4 heteroatoms. The van der Waals surface area contributed by atoms with Crippen molar-refractivity contribution in [3.8, 4) is 5.75 Å². The molecule has 0 bridgehead atoms. The van der Waals surface area contributed by atoms with Gasteiger partial charge < -0.3 is 19.7 Å². The molecule has 0 atom stereocenters. The van der Waals surface area contributed by atoms with Crippen molar-refractivity contribution in [2.45, 2.75) is 12.8 Å². The van der Waals surface area contributed by atoms with Gasteiger partial charge in [-0.15, -0.1) is 0 Å². The van der Waals surface area contributed by atoms with Crippen LogP contribution in [0.4, 0.5) is 11.4 Å². The molecule has 1 fully saturated rings. The molecule has 18 heavy (non-hydrogen) atoms. The molecule has 1 saturated heterocycles. The first-order valence-corrected chi connectivity index (χ1v) is 6.66. The number of morpholine rings is 1. The monoisotopic (exact) mass is 248 g/mol. The van der Waals surface area contributed by atoms with E-state index in [2.05, 4.69) is 22.3 Å². The van der Waals surface area contributed by atoms with Gasteiger partial charge in [-0.25, -0.2) is 0 Å². The van der Waals surface area contributed by atoms with Crippen molar-refractivity contribution >= 4 is 11.4 Å². The number of methoxy groups -OCH3 is 1. The van der Waals surface area contributed by atoms with Gasteiger partial charge in [0.25, 0.3) is 0 Å². The fraction of sp³-hybridized carbons (Fsp3) is 0.571. The van der Waals surface area contributed by atoms with Crippen LogP contribution in [0.2, 0.25) is 0 Å². The van der Waals surface area contributed by atoms with Gasteiger partial charge in [-0.3, -0.25) is 0 Å². The number of rotatable bonds is 2. The first kappa shape index (κ1) is 11.7. The van der Waals surface area contributed by atoms with E-state index >= 15 is 0 Å². The minimum Gasteiger partial charge on any atom is -0.495 e. The number of anilines is 2. The summed E-state index contributed by atoms with van der Waals surface area (Å²) in [5, 5.41) is 3.44. The Hall–Kier alpha value is -1.42. The van der Waals surface area contributed by atoms with Crippen LogP contribution >= 0.6 is 0 Å². The van der Waals surface area contributed by atoms with Crippen molar-refractivity contribution in [3.63, 3.8) is 0 Å². The number of hydrogen-bond donors (Lipinski definition) is 1. The Balaban J connectivity index is 1.95. The maximum absolute atomic E-state index is 5.54. The summed E-state index contributed by atoms with van der Waals surface area (Å²) in [5.41, 5.74) is 3.85. The third-order valence-electron chi connectivity index (χ3n) is 3.69. The van der Waals surface area contributed by atoms with Gasteiger partial charge in [0.05, 0.1) is 26.0 Å². The number of fused-ring (bicyclic) bond motifs is 1. The fourth-order valence-corrected chi connectivity index (χ4v) is 2.70. The largest absolute Gasteiger partial charge is 0.495 e. The van der Waals surface area contributed by atoms with E-state index in [4.69, 9.17) is 9.47 Å². The van der Waals surface area contributed by atoms with E-state index in [9.17, 15) is 0 Å². The van der Waals surface area contributed by atoms with E-state index in [1.807, 2.05) is 0 Å². The Morgan fingerprint density at radius 1 is 1.28 bits per heavy atom. The highest BCUT2D eigenvalue weighted by Gasteiger charge is 2.19. The molecular weight excluding hydrogens is 228 g/mol. The third kappa shape index (κ3) is 2.12. The predicted octanol–water partition coefficient (Wildman–Crippen LogP) is 1.89. The molecule has 0 unspecified atom stereocenters. The molecule has 4 nitrogen and oxygen atoms in total. The summed E-state index contributed by atoms with van der Waals surface area (Å²) in [6.07, 6.45) is 2.37. The standard InChI is InChI=1S/C14H20N2O2/c1-17-14-10-12-11(3-2-4-15-12)9-13(14)16-5-7-18-8-6-16/h9-10,15H,2-8H2,1H3. The number of benzene rings is 1. The zero-order chi connectivity index (χ0) is 12.4. The van der Waals surface area contributed by atoms with E-state index in [1.54, 1.807) is 7.11 Å². The molecule has 0 spiro atoms. The maximum Gasteiger partial charge on any atom is 0.144 e. The molecule has 0 aromatic heterocycles. The lowest BCUT2D eigenvalue weighted by molar-refractivity contribution is 0.122. The van der Waals surface area contributed by atoms with E-state index in [-0.39, 0.29) is 0 Å². The lowest BCUT2D eigenvalue weighted by Crippen LogP contribution is -2.36. The van der Waals surface area contributed by atoms with Crippen molar-refractivity contribution in [3.05, 3.63) is 17.7 Å². The molecule has 2 aliphatic heterocycles. The molecule has 0 radical (unpaired) electrons. The van der Waals surface area contributed by atoms with Crippen LogP contribution in [0.15, 0.2) is 12.1 Å². The molecule has 0 amide bonds. The van der Waals surface area contributed by atoms with Crippen molar-refractivity contribution in [2.75, 3.05) is 50.2 Å². The summed E-state index contributed by atoms with van der Waals surface area (Å²) in [6, 6.07) is 4.42. The Morgan fingerprint density at radius 3 is 2.89 bits per heavy atom. The van der Waals surface area contributed by atoms with Crippen LogP contribution in [-0.2, 0) is 11.2 Å². The van der Waals surface area contributed by atoms with Crippen molar-refractivity contribution < 1.29 is 9.47 Å². The second-order valence-electron chi connectivity index (χ2n) is 4.81. The molecule has 1 aromatic carbocycles. The van der Waals surface area contributed by atoms with Crippen molar-refractivity contribution in [1.29, 1.82) is 0 Å². The lowest BCUT2D eigenvalue weighted by atomic mass is 10.0. The molecule has 2 aliphatic rings. The minimum atomic E-state index is 0.804. The number of hydrogen-bond acceptors (Lipinski definition) is 4. The molecule has 0 saturated carbocycles. The van der Waals surface area contributed by atoms with Crippen molar-refractivity contribution in [1.82, 2.24) is 0 Å². The van der Waals surface area contributed by atoms with E-state index in [0.717, 1.165) is 45.0 Å². The summed E-state index contributed by atoms with van der Waals surface area (Å²) >= 11 is 0. The van der Waals surface area contributed by atoms with Crippen LogP contribution in [0.3, 0.4) is 0 Å². The quantitative estimate of drug-likeness (QED) is 0.866. The molecule has 0 aliphatic carbocycles. The summed E-state index contributed by atoms with van der Waals surface area (Å²) in [4.78, 5) is 2.36. The summed E-state index contributed by atoms with van der Waals surface area (Å²) in [6.45, 7) is 4.56. The van der Waals surface area contributed by atoms with E-state index < -0.39 is 0 Å². The molecular formula is C14H20N2O2. The second kappa shape index (κ2) is 5.06. The maximum atomic E-state index is 5.54. The van der Waals surface area contributed by atoms with Crippen LogP contribution in [0.1, 0.15) is 12.0 Å². The van der Waals surface area contributed by atoms with E-state index in [1.165, 1.54) is 23.4 Å². The summed E-state index contributed by atoms with van der Waals surface area (Å²) in [5.74, 6) is 0.963. The third-order valence-corrected chi connectivity index (χ3v) is 3.69. The highest BCUT2D eigenvalue weighted by Crippen LogP contribution is 2.36. The SMILES string of the molecule is COc1cc2c(cc1N1CCOCC1)CCCN2. The van der Waals surface area contributed by atoms with Gasteiger partial charge in [-0.1, -0.05) is 0 Å². The highest BCUT2D eigenvalue weighted by atomic mass is 16.5. The minimum absolute atomic E-state index is 0.804. The Kier molecular flexibility index (Phi) is 3.28. The lowest BCUT2D eigenvalue weighted by Gasteiger charge is -2.31. The zero-order valence-corrected chi connectivity index (χ0v) is 10.9. The first-order chi connectivity index (χ1) is 8.88. The summed E-state index contributed by atoms with van der Waals surface area (Å²) in [7, 11) is 1.74. The Bertz CT molecular complexity index is 428. The van der Waals surface area contributed by atoms with Crippen LogP contribution in [-0.4, -0.2) is 40.0 Å². The fourth-order valence-electron chi connectivity index (χ4n) is 2.70. The van der Waals surface area contributed by atoms with Gasteiger partial charge in [0.2, 0.25) is 0 Å². The highest BCUT2D eigenvalue weighted by molar-refractivity contribution is 5.69. The topological polar surface area (TPSA) is 33.7 Å². The molecule has 3 rings (SSSR count). The van der Waals surface area contributed by atoms with Gasteiger partial charge in [-0.2, -0.15) is 0 Å². The van der Waals surface area contributed by atoms with Crippen LogP contribution < -0.4 is 15.0 Å². The molecule has 2 heterocycles. The number of nitrogens with one attached hydrogen (secondary N) is 1. The van der Waals surface area contributed by atoms with Gasteiger partial charge in [-0.05, 0) is 24.5 Å². The first-order valence-electron chi connectivity index (χ1n) is 6.66. The average Bonchev–Trinajstić information content (AvgIpc) is 2.46. The van der Waals surface area contributed by atoms with Gasteiger partial charge in [0, 0.05) is 31.4 Å². The van der Waals surface area contributed by atoms with Crippen LogP contribution in [0.5, 0.6) is 5.75 Å². The Labute approximate surface area is 108 Å².